The van der Waals surface area contributed by atoms with Crippen LogP contribution in [0.2, 0.25) is 0 Å². The summed E-state index contributed by atoms with van der Waals surface area (Å²) in [6, 6.07) is 3.10. The number of carbonyl (C=O) groups is 1. The average Bonchev–Trinajstić information content (AvgIpc) is 3.28. The Kier molecular flexibility index (Phi) is 4.22. The number of pyridine rings is 1. The van der Waals surface area contributed by atoms with Gasteiger partial charge in [-0.25, -0.2) is 23.7 Å². The zero-order valence-corrected chi connectivity index (χ0v) is 14.5. The Morgan fingerprint density at radius 1 is 1.41 bits per heavy atom. The number of nitrogens with two attached hydrogens (primary N) is 1. The monoisotopic (exact) mass is 372 g/mol. The van der Waals surface area contributed by atoms with E-state index in [1.807, 2.05) is 4.90 Å². The van der Waals surface area contributed by atoms with Gasteiger partial charge in [0.25, 0.3) is 0 Å². The number of rotatable bonds is 4. The number of hydrogen-bond donors (Lipinski definition) is 1. The van der Waals surface area contributed by atoms with Crippen LogP contribution >= 0.6 is 0 Å². The van der Waals surface area contributed by atoms with E-state index in [0.717, 1.165) is 25.6 Å². The minimum atomic E-state index is -0.938. The molecule has 1 amide bonds. The SMILES string of the molecule is COc1ncc(F)cc1[C@H]1CCCN1c1ccn2ncc(OC(N)=O)c2n1. The van der Waals surface area contributed by atoms with Gasteiger partial charge < -0.3 is 20.1 Å². The van der Waals surface area contributed by atoms with E-state index >= 15 is 0 Å². The van der Waals surface area contributed by atoms with E-state index in [-0.39, 0.29) is 11.8 Å². The fourth-order valence-electron chi connectivity index (χ4n) is 3.39. The van der Waals surface area contributed by atoms with Crippen LogP contribution in [-0.2, 0) is 0 Å². The van der Waals surface area contributed by atoms with Crippen molar-refractivity contribution >= 4 is 17.6 Å². The van der Waals surface area contributed by atoms with Crippen LogP contribution in [0.3, 0.4) is 0 Å². The van der Waals surface area contributed by atoms with Crippen molar-refractivity contribution in [3.05, 3.63) is 42.1 Å². The molecule has 4 heterocycles. The summed E-state index contributed by atoms with van der Waals surface area (Å²) >= 11 is 0. The third-order valence-corrected chi connectivity index (χ3v) is 4.48. The Morgan fingerprint density at radius 2 is 2.26 bits per heavy atom. The van der Waals surface area contributed by atoms with Crippen molar-refractivity contribution in [1.82, 2.24) is 19.6 Å². The molecule has 9 nitrogen and oxygen atoms in total. The van der Waals surface area contributed by atoms with Crippen molar-refractivity contribution in [2.24, 2.45) is 5.73 Å². The van der Waals surface area contributed by atoms with Crippen molar-refractivity contribution in [3.8, 4) is 11.6 Å². The minimum absolute atomic E-state index is 0.137. The van der Waals surface area contributed by atoms with E-state index in [1.165, 1.54) is 23.9 Å². The molecule has 2 N–H and O–H groups in total. The molecule has 1 saturated heterocycles. The van der Waals surface area contributed by atoms with Crippen molar-refractivity contribution < 1.29 is 18.7 Å². The number of nitrogens with zero attached hydrogens (tertiary/aromatic N) is 5. The van der Waals surface area contributed by atoms with Crippen molar-refractivity contribution in [3.63, 3.8) is 0 Å². The molecule has 0 saturated carbocycles. The Balaban J connectivity index is 1.74. The Labute approximate surface area is 153 Å². The van der Waals surface area contributed by atoms with Crippen LogP contribution in [0.15, 0.2) is 30.7 Å². The number of methoxy groups -OCH3 is 1. The zero-order chi connectivity index (χ0) is 19.0. The van der Waals surface area contributed by atoms with E-state index in [0.29, 0.717) is 22.9 Å². The predicted molar refractivity (Wildman–Crippen MR) is 93.3 cm³/mol. The maximum absolute atomic E-state index is 13.8. The largest absolute Gasteiger partial charge is 0.481 e. The van der Waals surface area contributed by atoms with Crippen LogP contribution in [0.4, 0.5) is 15.0 Å². The van der Waals surface area contributed by atoms with Gasteiger partial charge in [0.1, 0.15) is 11.6 Å². The lowest BCUT2D eigenvalue weighted by Crippen LogP contribution is -2.24. The molecule has 0 bridgehead atoms. The van der Waals surface area contributed by atoms with Crippen molar-refractivity contribution in [2.45, 2.75) is 18.9 Å². The maximum Gasteiger partial charge on any atom is 0.410 e. The van der Waals surface area contributed by atoms with Gasteiger partial charge in [-0.05, 0) is 25.0 Å². The van der Waals surface area contributed by atoms with Gasteiger partial charge in [-0.15, -0.1) is 0 Å². The highest BCUT2D eigenvalue weighted by atomic mass is 19.1. The molecule has 0 aromatic carbocycles. The van der Waals surface area contributed by atoms with Crippen molar-refractivity contribution in [2.75, 3.05) is 18.6 Å². The van der Waals surface area contributed by atoms with E-state index in [4.69, 9.17) is 15.2 Å². The summed E-state index contributed by atoms with van der Waals surface area (Å²) in [5.74, 6) is 0.779. The summed E-state index contributed by atoms with van der Waals surface area (Å²) in [7, 11) is 1.51. The number of aromatic nitrogens is 4. The first-order chi connectivity index (χ1) is 13.1. The number of fused-ring (bicyclic) bond motifs is 1. The fourth-order valence-corrected chi connectivity index (χ4v) is 3.39. The first-order valence-corrected chi connectivity index (χ1v) is 8.34. The summed E-state index contributed by atoms with van der Waals surface area (Å²) in [5, 5.41) is 4.08. The van der Waals surface area contributed by atoms with Crippen molar-refractivity contribution in [1.29, 1.82) is 0 Å². The van der Waals surface area contributed by atoms with Gasteiger partial charge in [0.2, 0.25) is 11.5 Å². The molecule has 0 unspecified atom stereocenters. The molecule has 1 aliphatic rings. The van der Waals surface area contributed by atoms with Crippen LogP contribution in [0.25, 0.3) is 5.65 Å². The molecule has 1 aliphatic heterocycles. The maximum atomic E-state index is 13.8. The van der Waals surface area contributed by atoms with Crippen LogP contribution in [0.1, 0.15) is 24.4 Å². The number of halogens is 1. The molecule has 0 radical (unpaired) electrons. The lowest BCUT2D eigenvalue weighted by Gasteiger charge is -2.26. The molecule has 0 aliphatic carbocycles. The molecule has 140 valence electrons. The van der Waals surface area contributed by atoms with E-state index in [9.17, 15) is 9.18 Å². The van der Waals surface area contributed by atoms with Gasteiger partial charge in [-0.3, -0.25) is 0 Å². The molecule has 3 aromatic heterocycles. The standard InChI is InChI=1S/C17H17FN6O3/c1-26-16-11(7-10(18)8-20-16)12-3-2-5-23(12)14-4-6-24-15(22-14)13(9-21-24)27-17(19)25/h4,6-9,12H,2-3,5H2,1H3,(H2,19,25)/t12-/m1/s1. The van der Waals surface area contributed by atoms with Gasteiger partial charge in [0.05, 0.1) is 25.5 Å². The smallest absolute Gasteiger partial charge is 0.410 e. The molecule has 10 heteroatoms. The summed E-state index contributed by atoms with van der Waals surface area (Å²) in [6.45, 7) is 0.730. The predicted octanol–water partition coefficient (Wildman–Crippen LogP) is 2.07. The first-order valence-electron chi connectivity index (χ1n) is 8.34. The summed E-state index contributed by atoms with van der Waals surface area (Å²) in [5.41, 5.74) is 6.11. The van der Waals surface area contributed by atoms with Gasteiger partial charge in [-0.1, -0.05) is 0 Å². The zero-order valence-electron chi connectivity index (χ0n) is 14.5. The molecule has 27 heavy (non-hydrogen) atoms. The molecule has 0 spiro atoms. The van der Waals surface area contributed by atoms with E-state index in [2.05, 4.69) is 15.1 Å². The summed E-state index contributed by atoms with van der Waals surface area (Å²) in [6.07, 6.45) is 4.98. The number of primary amides is 1. The van der Waals surface area contributed by atoms with Crippen LogP contribution in [0.5, 0.6) is 11.6 Å². The normalized spacial score (nSPS) is 16.7. The number of carbonyl (C=O) groups excluding carboxylic acids is 1. The quantitative estimate of drug-likeness (QED) is 0.747. The lowest BCUT2D eigenvalue weighted by atomic mass is 10.1. The van der Waals surface area contributed by atoms with Gasteiger partial charge in [-0.2, -0.15) is 5.10 Å². The first kappa shape index (κ1) is 17.0. The van der Waals surface area contributed by atoms with E-state index in [1.54, 1.807) is 12.3 Å². The number of ether oxygens (including phenoxy) is 2. The Hall–Kier alpha value is -3.43. The number of hydrogen-bond acceptors (Lipinski definition) is 7. The fraction of sp³-hybridized carbons (Fsp3) is 0.294. The molecule has 4 rings (SSSR count). The second kappa shape index (κ2) is 6.71. The lowest BCUT2D eigenvalue weighted by molar-refractivity contribution is 0.211. The summed E-state index contributed by atoms with van der Waals surface area (Å²) < 4.78 is 25.5. The molecular weight excluding hydrogens is 355 g/mol. The Bertz CT molecular complexity index is 1010. The van der Waals surface area contributed by atoms with Crippen LogP contribution in [0, 0.1) is 5.82 Å². The molecule has 1 fully saturated rings. The number of anilines is 1. The minimum Gasteiger partial charge on any atom is -0.481 e. The van der Waals surface area contributed by atoms with Gasteiger partial charge in [0, 0.05) is 18.3 Å². The molecule has 1 atom stereocenters. The average molecular weight is 372 g/mol. The van der Waals surface area contributed by atoms with Crippen LogP contribution in [-0.4, -0.2) is 39.3 Å². The second-order valence-electron chi connectivity index (χ2n) is 6.09. The van der Waals surface area contributed by atoms with Gasteiger partial charge in [0.15, 0.2) is 5.75 Å². The van der Waals surface area contributed by atoms with Gasteiger partial charge >= 0.3 is 6.09 Å². The summed E-state index contributed by atoms with van der Waals surface area (Å²) in [4.78, 5) is 21.7. The molecular formula is C17H17FN6O3. The number of amides is 1. The van der Waals surface area contributed by atoms with E-state index < -0.39 is 11.9 Å². The third kappa shape index (κ3) is 3.09. The van der Waals surface area contributed by atoms with Crippen LogP contribution < -0.4 is 20.1 Å². The highest BCUT2D eigenvalue weighted by Gasteiger charge is 2.31. The highest BCUT2D eigenvalue weighted by Crippen LogP contribution is 2.39. The second-order valence-corrected chi connectivity index (χ2v) is 6.09. The highest BCUT2D eigenvalue weighted by molar-refractivity contribution is 5.71. The topological polar surface area (TPSA) is 108 Å². The third-order valence-electron chi connectivity index (χ3n) is 4.48. The Morgan fingerprint density at radius 3 is 3.04 bits per heavy atom. The molecule has 3 aromatic rings.